The highest BCUT2D eigenvalue weighted by Gasteiger charge is 2.13. The van der Waals surface area contributed by atoms with Crippen molar-refractivity contribution in [2.75, 3.05) is 11.9 Å². The van der Waals surface area contributed by atoms with Crippen LogP contribution in [0.3, 0.4) is 0 Å². The van der Waals surface area contributed by atoms with Crippen LogP contribution in [-0.4, -0.2) is 17.4 Å². The van der Waals surface area contributed by atoms with Crippen LogP contribution in [0.4, 0.5) is 5.82 Å². The van der Waals surface area contributed by atoms with Crippen molar-refractivity contribution in [2.45, 2.75) is 20.4 Å². The Balaban J connectivity index is 2.08. The van der Waals surface area contributed by atoms with E-state index in [0.717, 1.165) is 12.1 Å². The summed E-state index contributed by atoms with van der Waals surface area (Å²) < 4.78 is 0. The third-order valence-corrected chi connectivity index (χ3v) is 4.04. The predicted octanol–water partition coefficient (Wildman–Crippen LogP) is 3.47. The van der Waals surface area contributed by atoms with E-state index in [-0.39, 0.29) is 11.6 Å². The molecule has 0 atom stereocenters. The number of aryl methyl sites for hydroxylation is 1. The van der Waals surface area contributed by atoms with Crippen molar-refractivity contribution in [3.63, 3.8) is 0 Å². The molecule has 106 valence electrons. The SMILES string of the molecule is CCNc1ccc(Cl)c(C(=O)NCc2cscc2C)n1. The van der Waals surface area contributed by atoms with Gasteiger partial charge in [-0.25, -0.2) is 4.98 Å². The van der Waals surface area contributed by atoms with Crippen LogP contribution in [0.25, 0.3) is 0 Å². The van der Waals surface area contributed by atoms with Gasteiger partial charge < -0.3 is 10.6 Å². The Kier molecular flexibility index (Phi) is 4.98. The number of thiophene rings is 1. The van der Waals surface area contributed by atoms with E-state index < -0.39 is 0 Å². The summed E-state index contributed by atoms with van der Waals surface area (Å²) in [5.74, 6) is 0.383. The molecule has 2 N–H and O–H groups in total. The van der Waals surface area contributed by atoms with Crippen molar-refractivity contribution in [1.29, 1.82) is 0 Å². The average molecular weight is 310 g/mol. The van der Waals surface area contributed by atoms with Crippen LogP contribution in [0.1, 0.15) is 28.5 Å². The number of hydrogen-bond donors (Lipinski definition) is 2. The van der Waals surface area contributed by atoms with E-state index in [0.29, 0.717) is 17.4 Å². The fraction of sp³-hybridized carbons (Fsp3) is 0.286. The molecular formula is C14H16ClN3OS. The molecule has 0 aliphatic carbocycles. The number of pyridine rings is 1. The number of nitrogens with one attached hydrogen (secondary N) is 2. The molecule has 0 fully saturated rings. The average Bonchev–Trinajstić information content (AvgIpc) is 2.84. The van der Waals surface area contributed by atoms with Gasteiger partial charge in [-0.05, 0) is 47.9 Å². The second-order valence-corrected chi connectivity index (χ2v) is 5.47. The summed E-state index contributed by atoms with van der Waals surface area (Å²) in [6, 6.07) is 3.43. The molecule has 0 bridgehead atoms. The Hall–Kier alpha value is -1.59. The lowest BCUT2D eigenvalue weighted by molar-refractivity contribution is 0.0946. The third-order valence-electron chi connectivity index (χ3n) is 2.82. The van der Waals surface area contributed by atoms with E-state index in [1.54, 1.807) is 23.5 Å². The quantitative estimate of drug-likeness (QED) is 0.889. The van der Waals surface area contributed by atoms with E-state index in [4.69, 9.17) is 11.6 Å². The highest BCUT2D eigenvalue weighted by molar-refractivity contribution is 7.08. The minimum absolute atomic E-state index is 0.248. The summed E-state index contributed by atoms with van der Waals surface area (Å²) in [5, 5.41) is 10.3. The number of carbonyl (C=O) groups is 1. The molecule has 2 heterocycles. The van der Waals surface area contributed by atoms with Crippen LogP contribution in [-0.2, 0) is 6.54 Å². The number of rotatable bonds is 5. The third kappa shape index (κ3) is 3.49. The van der Waals surface area contributed by atoms with E-state index in [1.165, 1.54) is 5.56 Å². The highest BCUT2D eigenvalue weighted by Crippen LogP contribution is 2.17. The molecule has 0 radical (unpaired) electrons. The molecule has 0 aromatic carbocycles. The summed E-state index contributed by atoms with van der Waals surface area (Å²) >= 11 is 7.66. The number of nitrogens with zero attached hydrogens (tertiary/aromatic N) is 1. The number of hydrogen-bond acceptors (Lipinski definition) is 4. The molecule has 2 aromatic rings. The Labute approximate surface area is 127 Å². The fourth-order valence-electron chi connectivity index (χ4n) is 1.71. The van der Waals surface area contributed by atoms with Crippen LogP contribution in [0.2, 0.25) is 5.02 Å². The van der Waals surface area contributed by atoms with Crippen molar-refractivity contribution in [3.8, 4) is 0 Å². The molecule has 0 unspecified atom stereocenters. The Morgan fingerprint density at radius 3 is 2.85 bits per heavy atom. The topological polar surface area (TPSA) is 54.0 Å². The number of anilines is 1. The summed E-state index contributed by atoms with van der Waals surface area (Å²) in [6.07, 6.45) is 0. The van der Waals surface area contributed by atoms with Crippen LogP contribution in [0.15, 0.2) is 22.9 Å². The zero-order chi connectivity index (χ0) is 14.5. The molecule has 0 aliphatic rings. The Morgan fingerprint density at radius 2 is 2.20 bits per heavy atom. The van der Waals surface area contributed by atoms with Crippen LogP contribution in [0, 0.1) is 6.92 Å². The van der Waals surface area contributed by atoms with Crippen molar-refractivity contribution in [3.05, 3.63) is 44.7 Å². The van der Waals surface area contributed by atoms with Crippen molar-refractivity contribution in [1.82, 2.24) is 10.3 Å². The minimum Gasteiger partial charge on any atom is -0.370 e. The second kappa shape index (κ2) is 6.72. The molecule has 2 rings (SSSR count). The summed E-state index contributed by atoms with van der Waals surface area (Å²) in [4.78, 5) is 16.4. The second-order valence-electron chi connectivity index (χ2n) is 4.32. The normalized spacial score (nSPS) is 10.3. The van der Waals surface area contributed by atoms with Crippen LogP contribution >= 0.6 is 22.9 Å². The van der Waals surface area contributed by atoms with E-state index in [9.17, 15) is 4.79 Å². The maximum Gasteiger partial charge on any atom is 0.271 e. The lowest BCUT2D eigenvalue weighted by Crippen LogP contribution is -2.24. The van der Waals surface area contributed by atoms with Gasteiger partial charge in [0.25, 0.3) is 5.91 Å². The van der Waals surface area contributed by atoms with Gasteiger partial charge in [0.15, 0.2) is 0 Å². The molecule has 4 nitrogen and oxygen atoms in total. The zero-order valence-electron chi connectivity index (χ0n) is 11.4. The van der Waals surface area contributed by atoms with E-state index in [2.05, 4.69) is 21.0 Å². The summed E-state index contributed by atoms with van der Waals surface area (Å²) in [5.41, 5.74) is 2.54. The molecule has 0 aliphatic heterocycles. The molecule has 20 heavy (non-hydrogen) atoms. The standard InChI is InChI=1S/C14H16ClN3OS/c1-3-16-12-5-4-11(15)13(18-12)14(19)17-6-10-8-20-7-9(10)2/h4-5,7-8H,3,6H2,1-2H3,(H,16,18)(H,17,19). The molecular weight excluding hydrogens is 294 g/mol. The molecule has 2 aromatic heterocycles. The van der Waals surface area contributed by atoms with E-state index in [1.807, 2.05) is 19.2 Å². The zero-order valence-corrected chi connectivity index (χ0v) is 12.9. The Bertz CT molecular complexity index is 612. The van der Waals surface area contributed by atoms with Crippen molar-refractivity contribution in [2.24, 2.45) is 0 Å². The maximum absolute atomic E-state index is 12.1. The first kappa shape index (κ1) is 14.8. The number of amides is 1. The van der Waals surface area contributed by atoms with Gasteiger partial charge in [0, 0.05) is 13.1 Å². The first-order chi connectivity index (χ1) is 9.61. The number of aromatic nitrogens is 1. The molecule has 6 heteroatoms. The lowest BCUT2D eigenvalue weighted by atomic mass is 10.2. The highest BCUT2D eigenvalue weighted by atomic mass is 35.5. The monoisotopic (exact) mass is 309 g/mol. The van der Waals surface area contributed by atoms with Crippen LogP contribution < -0.4 is 10.6 Å². The van der Waals surface area contributed by atoms with Gasteiger partial charge in [0.05, 0.1) is 5.02 Å². The summed E-state index contributed by atoms with van der Waals surface area (Å²) in [6.45, 7) is 5.21. The number of halogens is 1. The van der Waals surface area contributed by atoms with Gasteiger partial charge in [-0.2, -0.15) is 11.3 Å². The van der Waals surface area contributed by atoms with Gasteiger partial charge in [-0.1, -0.05) is 11.6 Å². The molecule has 0 saturated heterocycles. The van der Waals surface area contributed by atoms with Gasteiger partial charge in [0.1, 0.15) is 11.5 Å². The van der Waals surface area contributed by atoms with E-state index >= 15 is 0 Å². The van der Waals surface area contributed by atoms with Gasteiger partial charge >= 0.3 is 0 Å². The van der Waals surface area contributed by atoms with Crippen molar-refractivity contribution < 1.29 is 4.79 Å². The van der Waals surface area contributed by atoms with Gasteiger partial charge in [-0.3, -0.25) is 4.79 Å². The summed E-state index contributed by atoms with van der Waals surface area (Å²) in [7, 11) is 0. The minimum atomic E-state index is -0.264. The first-order valence-electron chi connectivity index (χ1n) is 6.32. The predicted molar refractivity (Wildman–Crippen MR) is 83.6 cm³/mol. The fourth-order valence-corrected chi connectivity index (χ4v) is 2.76. The maximum atomic E-state index is 12.1. The largest absolute Gasteiger partial charge is 0.370 e. The molecule has 0 spiro atoms. The van der Waals surface area contributed by atoms with Crippen molar-refractivity contribution >= 4 is 34.7 Å². The Morgan fingerprint density at radius 1 is 1.40 bits per heavy atom. The lowest BCUT2D eigenvalue weighted by Gasteiger charge is -2.08. The first-order valence-corrected chi connectivity index (χ1v) is 7.64. The van der Waals surface area contributed by atoms with Crippen LogP contribution in [0.5, 0.6) is 0 Å². The number of carbonyl (C=O) groups excluding carboxylic acids is 1. The molecule has 1 amide bonds. The smallest absolute Gasteiger partial charge is 0.271 e. The van der Waals surface area contributed by atoms with Gasteiger partial charge in [-0.15, -0.1) is 0 Å². The molecule has 0 saturated carbocycles. The van der Waals surface area contributed by atoms with Gasteiger partial charge in [0.2, 0.25) is 0 Å².